The molecule has 1 aliphatic heterocycles. The zero-order chi connectivity index (χ0) is 32.1. The third-order valence-electron chi connectivity index (χ3n) is 7.67. The molecule has 1 aromatic heterocycles. The van der Waals surface area contributed by atoms with Crippen LogP contribution in [0.15, 0.2) is 59.8 Å². The smallest absolute Gasteiger partial charge is 0.312 e. The molecule has 3 aromatic rings. The summed E-state index contributed by atoms with van der Waals surface area (Å²) in [5.74, 6) is -5.48. The largest absolute Gasteiger partial charge is 0.363 e. The van der Waals surface area contributed by atoms with E-state index in [-0.39, 0.29) is 52.2 Å². The molecular weight excluding hydrogens is 594 g/mol. The van der Waals surface area contributed by atoms with Crippen LogP contribution in [0, 0.1) is 33.4 Å². The molecule has 1 saturated carbocycles. The van der Waals surface area contributed by atoms with Crippen molar-refractivity contribution in [3.05, 3.63) is 110 Å². The lowest BCUT2D eigenvalue weighted by molar-refractivity contribution is -0.384. The number of pyridine rings is 1. The van der Waals surface area contributed by atoms with Gasteiger partial charge in [0, 0.05) is 42.5 Å². The van der Waals surface area contributed by atoms with Gasteiger partial charge in [-0.15, -0.1) is 0 Å². The SMILES string of the molecule is O=C1/C(=C/c2ccc(F)c(F)c2)CC(NC(=O)c2cnc(NCCN3CCCC3)c([N+](=O)[O-])c2)C/C1=C\c1ccc(F)c(F)c1. The van der Waals surface area contributed by atoms with Crippen molar-refractivity contribution in [1.29, 1.82) is 0 Å². The summed E-state index contributed by atoms with van der Waals surface area (Å²) in [6.07, 6.45) is 6.14. The Morgan fingerprint density at radius 1 is 0.933 bits per heavy atom. The number of likely N-dealkylation sites (tertiary alicyclic amines) is 1. The highest BCUT2D eigenvalue weighted by Crippen LogP contribution is 2.30. The van der Waals surface area contributed by atoms with Crippen LogP contribution < -0.4 is 10.6 Å². The van der Waals surface area contributed by atoms with Gasteiger partial charge >= 0.3 is 5.69 Å². The molecule has 5 rings (SSSR count). The van der Waals surface area contributed by atoms with Crippen LogP contribution in [0.5, 0.6) is 0 Å². The summed E-state index contributed by atoms with van der Waals surface area (Å²) < 4.78 is 54.7. The molecule has 1 aliphatic carbocycles. The topological polar surface area (TPSA) is 117 Å². The molecule has 45 heavy (non-hydrogen) atoms. The third-order valence-corrected chi connectivity index (χ3v) is 7.67. The Morgan fingerprint density at radius 3 is 2.04 bits per heavy atom. The molecule has 2 aliphatic rings. The molecule has 1 saturated heterocycles. The number of nitrogens with zero attached hydrogens (tertiary/aromatic N) is 3. The highest BCUT2D eigenvalue weighted by atomic mass is 19.2. The van der Waals surface area contributed by atoms with Crippen LogP contribution in [-0.4, -0.2) is 58.7 Å². The van der Waals surface area contributed by atoms with Crippen LogP contribution >= 0.6 is 0 Å². The maximum absolute atomic E-state index is 13.9. The second-order valence-electron chi connectivity index (χ2n) is 10.9. The zero-order valence-electron chi connectivity index (χ0n) is 24.0. The predicted octanol–water partition coefficient (Wildman–Crippen LogP) is 5.68. The van der Waals surface area contributed by atoms with Gasteiger partial charge in [-0.1, -0.05) is 12.1 Å². The van der Waals surface area contributed by atoms with E-state index < -0.39 is 45.9 Å². The van der Waals surface area contributed by atoms with E-state index in [1.54, 1.807) is 0 Å². The molecule has 0 radical (unpaired) electrons. The lowest BCUT2D eigenvalue weighted by Crippen LogP contribution is -2.39. The Labute approximate surface area is 255 Å². The molecule has 0 atom stereocenters. The summed E-state index contributed by atoms with van der Waals surface area (Å²) in [6, 6.07) is 6.62. The Morgan fingerprint density at radius 2 is 1.51 bits per heavy atom. The Kier molecular flexibility index (Phi) is 9.67. The van der Waals surface area contributed by atoms with E-state index >= 15 is 0 Å². The number of carbonyl (C=O) groups excluding carboxylic acids is 2. The van der Waals surface area contributed by atoms with Gasteiger partial charge in [-0.05, 0) is 86.3 Å². The molecule has 1 amide bonds. The van der Waals surface area contributed by atoms with Crippen LogP contribution in [0.1, 0.15) is 47.2 Å². The maximum Gasteiger partial charge on any atom is 0.312 e. The minimum Gasteiger partial charge on any atom is -0.363 e. The van der Waals surface area contributed by atoms with Crippen molar-refractivity contribution < 1.29 is 32.1 Å². The molecule has 2 N–H and O–H groups in total. The highest BCUT2D eigenvalue weighted by molar-refractivity contribution is 6.14. The van der Waals surface area contributed by atoms with Gasteiger partial charge in [0.25, 0.3) is 5.91 Å². The Hall–Kier alpha value is -4.91. The van der Waals surface area contributed by atoms with Gasteiger partial charge in [-0.2, -0.15) is 0 Å². The lowest BCUT2D eigenvalue weighted by atomic mass is 9.83. The molecule has 0 spiro atoms. The van der Waals surface area contributed by atoms with Gasteiger partial charge in [0.15, 0.2) is 29.1 Å². The van der Waals surface area contributed by atoms with Crippen LogP contribution in [-0.2, 0) is 4.79 Å². The molecule has 13 heteroatoms. The number of hydrogen-bond acceptors (Lipinski definition) is 7. The van der Waals surface area contributed by atoms with Gasteiger partial charge in [0.1, 0.15) is 0 Å². The summed E-state index contributed by atoms with van der Waals surface area (Å²) in [4.78, 5) is 44.2. The lowest BCUT2D eigenvalue weighted by Gasteiger charge is -2.27. The average Bonchev–Trinajstić information content (AvgIpc) is 3.53. The van der Waals surface area contributed by atoms with E-state index in [9.17, 15) is 37.3 Å². The van der Waals surface area contributed by atoms with Crippen molar-refractivity contribution in [3.8, 4) is 0 Å². The van der Waals surface area contributed by atoms with Gasteiger partial charge in [0.2, 0.25) is 5.82 Å². The molecule has 2 fully saturated rings. The number of ketones is 1. The van der Waals surface area contributed by atoms with E-state index in [0.29, 0.717) is 13.1 Å². The fourth-order valence-corrected chi connectivity index (χ4v) is 5.41. The van der Waals surface area contributed by atoms with Crippen LogP contribution in [0.3, 0.4) is 0 Å². The molecule has 234 valence electrons. The van der Waals surface area contributed by atoms with E-state index in [1.807, 2.05) is 0 Å². The number of amides is 1. The number of rotatable bonds is 9. The fourth-order valence-electron chi connectivity index (χ4n) is 5.41. The third kappa shape index (κ3) is 7.79. The van der Waals surface area contributed by atoms with Crippen molar-refractivity contribution in [1.82, 2.24) is 15.2 Å². The number of halogens is 4. The Bertz CT molecular complexity index is 1630. The minimum atomic E-state index is -1.11. The van der Waals surface area contributed by atoms with Crippen molar-refractivity contribution in [2.24, 2.45) is 0 Å². The van der Waals surface area contributed by atoms with Gasteiger partial charge in [0.05, 0.1) is 10.5 Å². The number of benzene rings is 2. The molecule has 2 aromatic carbocycles. The molecule has 0 bridgehead atoms. The zero-order valence-corrected chi connectivity index (χ0v) is 24.0. The van der Waals surface area contributed by atoms with Gasteiger partial charge in [-0.3, -0.25) is 19.7 Å². The molecule has 9 nitrogen and oxygen atoms in total. The predicted molar refractivity (Wildman–Crippen MR) is 159 cm³/mol. The van der Waals surface area contributed by atoms with Gasteiger partial charge < -0.3 is 15.5 Å². The van der Waals surface area contributed by atoms with Crippen LogP contribution in [0.25, 0.3) is 12.2 Å². The number of nitrogens with one attached hydrogen (secondary N) is 2. The number of aromatic nitrogens is 1. The normalized spacial score (nSPS) is 18.8. The monoisotopic (exact) mass is 623 g/mol. The fraction of sp³-hybridized carbons (Fsp3) is 0.281. The number of nitro groups is 1. The highest BCUT2D eigenvalue weighted by Gasteiger charge is 2.30. The second-order valence-corrected chi connectivity index (χ2v) is 10.9. The number of anilines is 1. The van der Waals surface area contributed by atoms with Crippen molar-refractivity contribution in [2.45, 2.75) is 31.7 Å². The number of hydrogen-bond donors (Lipinski definition) is 2. The Balaban J connectivity index is 1.38. The first-order valence-corrected chi connectivity index (χ1v) is 14.3. The summed E-state index contributed by atoms with van der Waals surface area (Å²) in [6.45, 7) is 3.08. The van der Waals surface area contributed by atoms with E-state index in [4.69, 9.17) is 0 Å². The van der Waals surface area contributed by atoms with Crippen LogP contribution in [0.4, 0.5) is 29.1 Å². The van der Waals surface area contributed by atoms with Crippen molar-refractivity contribution in [3.63, 3.8) is 0 Å². The summed E-state index contributed by atoms with van der Waals surface area (Å²) >= 11 is 0. The number of Topliss-reactive ketones (excluding diaryl/α,β-unsaturated/α-hetero) is 1. The molecule has 0 unspecified atom stereocenters. The summed E-state index contributed by atoms with van der Waals surface area (Å²) in [5.41, 5.74) is 0.232. The first kappa shape index (κ1) is 31.5. The van der Waals surface area contributed by atoms with E-state index in [2.05, 4.69) is 20.5 Å². The summed E-state index contributed by atoms with van der Waals surface area (Å²) in [7, 11) is 0. The van der Waals surface area contributed by atoms with Crippen molar-refractivity contribution in [2.75, 3.05) is 31.5 Å². The van der Waals surface area contributed by atoms with E-state index in [0.717, 1.165) is 56.3 Å². The van der Waals surface area contributed by atoms with E-state index in [1.165, 1.54) is 30.5 Å². The maximum atomic E-state index is 13.9. The average molecular weight is 624 g/mol. The number of carbonyl (C=O) groups is 2. The van der Waals surface area contributed by atoms with Crippen molar-refractivity contribution >= 4 is 35.3 Å². The quantitative estimate of drug-likeness (QED) is 0.136. The first-order valence-electron chi connectivity index (χ1n) is 14.3. The van der Waals surface area contributed by atoms with Gasteiger partial charge in [-0.25, -0.2) is 22.5 Å². The molecular formula is C32H29F4N5O4. The second kappa shape index (κ2) is 13.8. The standard InChI is InChI=1S/C32H29F4N5O4/c33-25-5-3-19(13-27(25)35)11-21-15-24(16-22(30(21)42)12-20-4-6-26(34)28(36)14-20)39-32(43)23-17-29(41(44)45)31(38-18-23)37-7-10-40-8-1-2-9-40/h3-6,11-14,17-18,24H,1-2,7-10,15-16H2,(H,37,38)(H,39,43)/b21-11+,22-12+. The first-order chi connectivity index (χ1) is 21.6. The minimum absolute atomic E-state index is 0.00957. The summed E-state index contributed by atoms with van der Waals surface area (Å²) in [5, 5.41) is 17.5. The van der Waals surface area contributed by atoms with Crippen LogP contribution in [0.2, 0.25) is 0 Å². The molecule has 2 heterocycles.